The van der Waals surface area contributed by atoms with Crippen LogP contribution in [0, 0.1) is 5.92 Å². The van der Waals surface area contributed by atoms with Gasteiger partial charge in [-0.15, -0.1) is 0 Å². The number of anilines is 2. The number of nitrogens with one attached hydrogen (secondary N) is 1. The molecule has 1 saturated heterocycles. The molecule has 0 spiro atoms. The molecule has 4 heteroatoms. The molecule has 1 atom stereocenters. The summed E-state index contributed by atoms with van der Waals surface area (Å²) in [4.78, 5) is 16.4. The highest BCUT2D eigenvalue weighted by Crippen LogP contribution is 2.36. The zero-order valence-electron chi connectivity index (χ0n) is 12.6. The van der Waals surface area contributed by atoms with Crippen molar-refractivity contribution in [2.75, 3.05) is 36.4 Å². The van der Waals surface area contributed by atoms with Gasteiger partial charge in [-0.1, -0.05) is 6.07 Å². The topological polar surface area (TPSA) is 35.6 Å². The monoisotopic (exact) mass is 285 g/mol. The van der Waals surface area contributed by atoms with E-state index in [0.29, 0.717) is 6.04 Å². The molecule has 0 radical (unpaired) electrons. The quantitative estimate of drug-likeness (QED) is 0.924. The van der Waals surface area contributed by atoms with E-state index < -0.39 is 0 Å². The Balaban J connectivity index is 1.55. The lowest BCUT2D eigenvalue weighted by Crippen LogP contribution is -2.57. The van der Waals surface area contributed by atoms with E-state index in [9.17, 15) is 4.79 Å². The van der Waals surface area contributed by atoms with Crippen molar-refractivity contribution in [3.63, 3.8) is 0 Å². The molecular formula is C17H23N3O. The highest BCUT2D eigenvalue weighted by atomic mass is 16.1. The summed E-state index contributed by atoms with van der Waals surface area (Å²) in [6, 6.07) is 7.05. The highest BCUT2D eigenvalue weighted by Gasteiger charge is 2.35. The highest BCUT2D eigenvalue weighted by molar-refractivity contribution is 5.89. The van der Waals surface area contributed by atoms with Gasteiger partial charge in [-0.3, -0.25) is 9.69 Å². The fraction of sp³-hybridized carbons (Fsp3) is 0.588. The minimum Gasteiger partial charge on any atom is -0.368 e. The van der Waals surface area contributed by atoms with Crippen LogP contribution in [0.15, 0.2) is 18.2 Å². The first-order valence-electron chi connectivity index (χ1n) is 8.08. The molecule has 1 aromatic rings. The van der Waals surface area contributed by atoms with Crippen LogP contribution in [-0.4, -0.2) is 43.0 Å². The van der Waals surface area contributed by atoms with Gasteiger partial charge in [0.15, 0.2) is 0 Å². The number of hydrogen-bond acceptors (Lipinski definition) is 3. The van der Waals surface area contributed by atoms with Gasteiger partial charge < -0.3 is 10.2 Å². The smallest absolute Gasteiger partial charge is 0.221 e. The summed E-state index contributed by atoms with van der Waals surface area (Å²) >= 11 is 0. The molecule has 3 aliphatic rings. The molecule has 1 N–H and O–H groups in total. The number of hydrogen-bond donors (Lipinski definition) is 1. The van der Waals surface area contributed by atoms with Crippen LogP contribution in [0.25, 0.3) is 0 Å². The maximum Gasteiger partial charge on any atom is 0.221 e. The predicted molar refractivity (Wildman–Crippen MR) is 84.7 cm³/mol. The van der Waals surface area contributed by atoms with Crippen LogP contribution >= 0.6 is 0 Å². The van der Waals surface area contributed by atoms with Crippen LogP contribution in [-0.2, 0) is 11.2 Å². The van der Waals surface area contributed by atoms with Crippen molar-refractivity contribution in [2.24, 2.45) is 5.92 Å². The Morgan fingerprint density at radius 3 is 2.95 bits per heavy atom. The lowest BCUT2D eigenvalue weighted by atomic mass is 9.94. The van der Waals surface area contributed by atoms with Crippen LogP contribution in [0.3, 0.4) is 0 Å². The van der Waals surface area contributed by atoms with Crippen molar-refractivity contribution in [3.8, 4) is 0 Å². The van der Waals surface area contributed by atoms with E-state index in [-0.39, 0.29) is 5.91 Å². The Morgan fingerprint density at radius 1 is 1.33 bits per heavy atom. The molecule has 1 saturated carbocycles. The molecule has 4 rings (SSSR count). The van der Waals surface area contributed by atoms with E-state index in [1.54, 1.807) is 6.92 Å². The Hall–Kier alpha value is -1.55. The number of fused-ring (bicyclic) bond motifs is 4. The number of carbonyl (C=O) groups is 1. The minimum atomic E-state index is -0.00195. The van der Waals surface area contributed by atoms with E-state index in [1.165, 1.54) is 37.2 Å². The van der Waals surface area contributed by atoms with Crippen molar-refractivity contribution < 1.29 is 4.79 Å². The first-order chi connectivity index (χ1) is 10.2. The summed E-state index contributed by atoms with van der Waals surface area (Å²) in [5.74, 6) is 0.970. The normalized spacial score (nSPS) is 24.6. The molecule has 2 fully saturated rings. The molecular weight excluding hydrogens is 262 g/mol. The Bertz CT molecular complexity index is 567. The van der Waals surface area contributed by atoms with Gasteiger partial charge in [0.2, 0.25) is 5.91 Å². The first kappa shape index (κ1) is 13.1. The molecule has 4 nitrogen and oxygen atoms in total. The van der Waals surface area contributed by atoms with Gasteiger partial charge in [0.05, 0.1) is 0 Å². The zero-order valence-corrected chi connectivity index (χ0v) is 12.6. The zero-order chi connectivity index (χ0) is 14.4. The fourth-order valence-electron chi connectivity index (χ4n) is 3.74. The van der Waals surface area contributed by atoms with Crippen molar-refractivity contribution in [1.82, 2.24) is 4.90 Å². The first-order valence-corrected chi connectivity index (χ1v) is 8.08. The second kappa shape index (κ2) is 5.02. The molecule has 21 heavy (non-hydrogen) atoms. The minimum absolute atomic E-state index is 0.00195. The van der Waals surface area contributed by atoms with Crippen LogP contribution in [0.5, 0.6) is 0 Å². The Kier molecular flexibility index (Phi) is 3.14. The third-order valence-electron chi connectivity index (χ3n) is 5.00. The maximum atomic E-state index is 11.2. The van der Waals surface area contributed by atoms with E-state index in [0.717, 1.165) is 31.1 Å². The fourth-order valence-corrected chi connectivity index (χ4v) is 3.74. The number of benzene rings is 1. The van der Waals surface area contributed by atoms with Crippen molar-refractivity contribution in [3.05, 3.63) is 23.8 Å². The van der Waals surface area contributed by atoms with E-state index >= 15 is 0 Å². The van der Waals surface area contributed by atoms with Gasteiger partial charge in [-0.05, 0) is 42.9 Å². The lowest BCUT2D eigenvalue weighted by molar-refractivity contribution is -0.114. The average Bonchev–Trinajstić information content (AvgIpc) is 3.26. The van der Waals surface area contributed by atoms with Gasteiger partial charge in [-0.2, -0.15) is 0 Å². The summed E-state index contributed by atoms with van der Waals surface area (Å²) in [6.45, 7) is 6.30. The third kappa shape index (κ3) is 2.64. The Labute approximate surface area is 126 Å². The van der Waals surface area contributed by atoms with E-state index in [2.05, 4.69) is 27.2 Å². The van der Waals surface area contributed by atoms with Crippen molar-refractivity contribution in [2.45, 2.75) is 32.2 Å². The molecule has 1 amide bonds. The second-order valence-corrected chi connectivity index (χ2v) is 6.77. The molecule has 2 bridgehead atoms. The summed E-state index contributed by atoms with van der Waals surface area (Å²) in [7, 11) is 0. The van der Waals surface area contributed by atoms with Crippen LogP contribution < -0.4 is 10.2 Å². The molecule has 112 valence electrons. The molecule has 0 aromatic heterocycles. The predicted octanol–water partition coefficient (Wildman–Crippen LogP) is 2.10. The third-order valence-corrected chi connectivity index (χ3v) is 5.00. The van der Waals surface area contributed by atoms with Crippen molar-refractivity contribution >= 4 is 17.3 Å². The second-order valence-electron chi connectivity index (χ2n) is 6.77. The van der Waals surface area contributed by atoms with Gasteiger partial charge in [-0.25, -0.2) is 0 Å². The number of rotatable bonds is 3. The summed E-state index contributed by atoms with van der Waals surface area (Å²) in [6.07, 6.45) is 4.02. The molecule has 2 heterocycles. The molecule has 1 unspecified atom stereocenters. The van der Waals surface area contributed by atoms with Gasteiger partial charge in [0.1, 0.15) is 0 Å². The van der Waals surface area contributed by atoms with Gasteiger partial charge in [0, 0.05) is 50.5 Å². The van der Waals surface area contributed by atoms with E-state index in [4.69, 9.17) is 0 Å². The van der Waals surface area contributed by atoms with E-state index in [1.807, 2.05) is 6.07 Å². The summed E-state index contributed by atoms with van der Waals surface area (Å²) in [5, 5.41) is 2.90. The number of piperazine rings is 1. The average molecular weight is 285 g/mol. The van der Waals surface area contributed by atoms with Crippen LogP contribution in [0.4, 0.5) is 11.4 Å². The number of carbonyl (C=O) groups excluding carboxylic acids is 1. The van der Waals surface area contributed by atoms with Crippen LogP contribution in [0.2, 0.25) is 0 Å². The van der Waals surface area contributed by atoms with Crippen LogP contribution in [0.1, 0.15) is 25.3 Å². The summed E-state index contributed by atoms with van der Waals surface area (Å²) < 4.78 is 0. The van der Waals surface area contributed by atoms with Crippen molar-refractivity contribution in [1.29, 1.82) is 0 Å². The molecule has 1 aliphatic carbocycles. The largest absolute Gasteiger partial charge is 0.368 e. The molecule has 1 aromatic carbocycles. The lowest BCUT2D eigenvalue weighted by Gasteiger charge is -2.47. The number of nitrogens with zero attached hydrogens (tertiary/aromatic N) is 2. The maximum absolute atomic E-state index is 11.2. The SMILES string of the molecule is CC(=O)Nc1ccc2c(c1)N1CCN(CC3CC3)C(C2)C1. The standard InChI is InChI=1S/C17H23N3O/c1-12(21)18-15-5-4-14-8-16-11-20(17(14)9-15)7-6-19(16)10-13-2-3-13/h4-5,9,13,16H,2-3,6-8,10-11H2,1H3,(H,18,21). The molecule has 2 aliphatic heterocycles. The van der Waals surface area contributed by atoms with Gasteiger partial charge in [0.25, 0.3) is 0 Å². The van der Waals surface area contributed by atoms with Gasteiger partial charge >= 0.3 is 0 Å². The summed E-state index contributed by atoms with van der Waals surface area (Å²) in [5.41, 5.74) is 3.67. The Morgan fingerprint density at radius 2 is 2.19 bits per heavy atom. The number of amides is 1.